The quantitative estimate of drug-likeness (QED) is 0.418. The molecule has 1 atom stereocenters. The van der Waals surface area contributed by atoms with Crippen molar-refractivity contribution in [3.63, 3.8) is 0 Å². The summed E-state index contributed by atoms with van der Waals surface area (Å²) in [5.74, 6) is 0.776. The summed E-state index contributed by atoms with van der Waals surface area (Å²) in [4.78, 5) is 11.4. The lowest BCUT2D eigenvalue weighted by atomic mass is 10.1. The van der Waals surface area contributed by atoms with E-state index in [0.717, 1.165) is 31.4 Å². The molecular weight excluding hydrogens is 240 g/mol. The van der Waals surface area contributed by atoms with Gasteiger partial charge < -0.3 is 4.74 Å². The van der Waals surface area contributed by atoms with Gasteiger partial charge in [0.1, 0.15) is 5.60 Å². The Morgan fingerprint density at radius 2 is 1.88 bits per heavy atom. The van der Waals surface area contributed by atoms with E-state index in [-0.39, 0.29) is 11.6 Å². The lowest BCUT2D eigenvalue weighted by Gasteiger charge is -2.19. The molecule has 0 N–H and O–H groups in total. The maximum atomic E-state index is 11.4. The molecular formula is C12H24O2S2. The second kappa shape index (κ2) is 8.29. The van der Waals surface area contributed by atoms with Crippen molar-refractivity contribution in [2.75, 3.05) is 5.75 Å². The van der Waals surface area contributed by atoms with Crippen molar-refractivity contribution in [2.24, 2.45) is 0 Å². The highest BCUT2D eigenvalue weighted by Crippen LogP contribution is 2.14. The molecule has 0 spiro atoms. The molecule has 0 saturated heterocycles. The Kier molecular flexibility index (Phi) is 8.38. The number of hydrogen-bond acceptors (Lipinski definition) is 4. The number of carbonyl (C=O) groups excluding carboxylic acids is 1. The molecule has 0 saturated carbocycles. The van der Waals surface area contributed by atoms with Gasteiger partial charge in [-0.3, -0.25) is 4.79 Å². The normalized spacial score (nSPS) is 13.6. The fourth-order valence-corrected chi connectivity index (χ4v) is 2.16. The molecule has 0 rings (SSSR count). The predicted molar refractivity (Wildman–Crippen MR) is 75.6 cm³/mol. The van der Waals surface area contributed by atoms with Crippen LogP contribution in [0.1, 0.15) is 52.9 Å². The van der Waals surface area contributed by atoms with E-state index in [9.17, 15) is 4.79 Å². The van der Waals surface area contributed by atoms with Crippen molar-refractivity contribution >= 4 is 31.2 Å². The first-order valence-electron chi connectivity index (χ1n) is 5.86. The van der Waals surface area contributed by atoms with Gasteiger partial charge in [0.05, 0.1) is 0 Å². The molecule has 0 aliphatic rings. The minimum Gasteiger partial charge on any atom is -0.460 e. The average molecular weight is 264 g/mol. The Labute approximate surface area is 110 Å². The van der Waals surface area contributed by atoms with Crippen molar-refractivity contribution in [3.05, 3.63) is 0 Å². The molecule has 0 fully saturated rings. The van der Waals surface area contributed by atoms with E-state index in [2.05, 4.69) is 25.3 Å². The molecule has 0 aromatic heterocycles. The minimum absolute atomic E-state index is 0.0996. The van der Waals surface area contributed by atoms with Crippen LogP contribution in [0.4, 0.5) is 0 Å². The summed E-state index contributed by atoms with van der Waals surface area (Å²) < 4.78 is 5.22. The monoisotopic (exact) mass is 264 g/mol. The van der Waals surface area contributed by atoms with Gasteiger partial charge in [-0.2, -0.15) is 25.3 Å². The number of hydrogen-bond donors (Lipinski definition) is 2. The fraction of sp³-hybridized carbons (Fsp3) is 0.917. The minimum atomic E-state index is -0.366. The number of ether oxygens (including phenoxy) is 1. The van der Waals surface area contributed by atoms with Gasteiger partial charge >= 0.3 is 5.97 Å². The van der Waals surface area contributed by atoms with Crippen LogP contribution in [-0.2, 0) is 9.53 Å². The van der Waals surface area contributed by atoms with Gasteiger partial charge in [-0.1, -0.05) is 6.42 Å². The van der Waals surface area contributed by atoms with E-state index < -0.39 is 0 Å². The van der Waals surface area contributed by atoms with Crippen LogP contribution in [0.5, 0.6) is 0 Å². The molecule has 16 heavy (non-hydrogen) atoms. The van der Waals surface area contributed by atoms with Gasteiger partial charge in [-0.25, -0.2) is 0 Å². The van der Waals surface area contributed by atoms with E-state index in [1.807, 2.05) is 20.8 Å². The van der Waals surface area contributed by atoms with Crippen molar-refractivity contribution in [2.45, 2.75) is 63.7 Å². The van der Waals surface area contributed by atoms with Crippen molar-refractivity contribution in [3.8, 4) is 0 Å². The highest BCUT2D eigenvalue weighted by atomic mass is 32.1. The molecule has 4 heteroatoms. The summed E-state index contributed by atoms with van der Waals surface area (Å²) in [6.07, 6.45) is 4.50. The number of esters is 1. The highest BCUT2D eigenvalue weighted by molar-refractivity contribution is 7.81. The Hall–Kier alpha value is 0.170. The van der Waals surface area contributed by atoms with Crippen LogP contribution < -0.4 is 0 Å². The second-order valence-corrected chi connectivity index (χ2v) is 6.18. The van der Waals surface area contributed by atoms with Gasteiger partial charge in [0, 0.05) is 11.7 Å². The molecule has 0 aromatic carbocycles. The highest BCUT2D eigenvalue weighted by Gasteiger charge is 2.15. The third-order valence-electron chi connectivity index (χ3n) is 2.05. The van der Waals surface area contributed by atoms with Crippen LogP contribution in [0, 0.1) is 0 Å². The Morgan fingerprint density at radius 3 is 2.38 bits per heavy atom. The van der Waals surface area contributed by atoms with Crippen LogP contribution in [0.3, 0.4) is 0 Å². The summed E-state index contributed by atoms with van der Waals surface area (Å²) in [5, 5.41) is 0.413. The molecule has 2 nitrogen and oxygen atoms in total. The first-order chi connectivity index (χ1) is 7.35. The third kappa shape index (κ3) is 10.7. The number of rotatable bonds is 7. The first-order valence-corrected chi connectivity index (χ1v) is 7.01. The number of unbranched alkanes of at least 4 members (excludes halogenated alkanes) is 1. The zero-order chi connectivity index (χ0) is 12.6. The molecule has 0 amide bonds. The lowest BCUT2D eigenvalue weighted by molar-refractivity contribution is -0.154. The van der Waals surface area contributed by atoms with Crippen LogP contribution in [-0.4, -0.2) is 22.6 Å². The standard InChI is InChI=1S/C12H24O2S2/c1-12(2,3)14-11(13)7-5-4-6-10(16)8-9-15/h10,15-16H,4-9H2,1-3H3. The first kappa shape index (κ1) is 16.2. The third-order valence-corrected chi connectivity index (χ3v) is 2.83. The molecule has 0 aliphatic heterocycles. The van der Waals surface area contributed by atoms with Gasteiger partial charge in [0.15, 0.2) is 0 Å². The molecule has 0 aromatic rings. The van der Waals surface area contributed by atoms with Crippen molar-refractivity contribution in [1.29, 1.82) is 0 Å². The Balaban J connectivity index is 3.48. The zero-order valence-corrected chi connectivity index (χ0v) is 12.3. The summed E-state index contributed by atoms with van der Waals surface area (Å²) >= 11 is 8.60. The largest absolute Gasteiger partial charge is 0.460 e. The fourth-order valence-electron chi connectivity index (χ4n) is 1.34. The maximum absolute atomic E-state index is 11.4. The average Bonchev–Trinajstić information content (AvgIpc) is 2.10. The van der Waals surface area contributed by atoms with Gasteiger partial charge in [0.2, 0.25) is 0 Å². The molecule has 0 aliphatic carbocycles. The van der Waals surface area contributed by atoms with Crippen LogP contribution in [0.25, 0.3) is 0 Å². The zero-order valence-electron chi connectivity index (χ0n) is 10.5. The lowest BCUT2D eigenvalue weighted by Crippen LogP contribution is -2.23. The second-order valence-electron chi connectivity index (χ2n) is 5.00. The molecule has 96 valence electrons. The van der Waals surface area contributed by atoms with Gasteiger partial charge in [0.25, 0.3) is 0 Å². The molecule has 0 heterocycles. The molecule has 0 bridgehead atoms. The maximum Gasteiger partial charge on any atom is 0.306 e. The van der Waals surface area contributed by atoms with E-state index in [1.54, 1.807) is 0 Å². The Morgan fingerprint density at radius 1 is 1.25 bits per heavy atom. The number of thiol groups is 2. The molecule has 0 radical (unpaired) electrons. The van der Waals surface area contributed by atoms with Crippen LogP contribution in [0.15, 0.2) is 0 Å². The van der Waals surface area contributed by atoms with E-state index in [0.29, 0.717) is 11.7 Å². The van der Waals surface area contributed by atoms with Crippen molar-refractivity contribution < 1.29 is 9.53 Å². The van der Waals surface area contributed by atoms with Crippen LogP contribution in [0.2, 0.25) is 0 Å². The summed E-state index contributed by atoms with van der Waals surface area (Å²) in [6, 6.07) is 0. The van der Waals surface area contributed by atoms with Crippen LogP contribution >= 0.6 is 25.3 Å². The smallest absolute Gasteiger partial charge is 0.306 e. The predicted octanol–water partition coefficient (Wildman–Crippen LogP) is 3.51. The van der Waals surface area contributed by atoms with E-state index in [4.69, 9.17) is 4.74 Å². The summed E-state index contributed by atoms with van der Waals surface area (Å²) in [5.41, 5.74) is -0.366. The van der Waals surface area contributed by atoms with E-state index >= 15 is 0 Å². The van der Waals surface area contributed by atoms with Crippen molar-refractivity contribution in [1.82, 2.24) is 0 Å². The topological polar surface area (TPSA) is 26.3 Å². The number of carbonyl (C=O) groups is 1. The van der Waals surface area contributed by atoms with E-state index in [1.165, 1.54) is 0 Å². The van der Waals surface area contributed by atoms with Gasteiger partial charge in [-0.05, 0) is 45.8 Å². The molecule has 1 unspecified atom stereocenters. The summed E-state index contributed by atoms with van der Waals surface area (Å²) in [6.45, 7) is 5.67. The summed E-state index contributed by atoms with van der Waals surface area (Å²) in [7, 11) is 0. The Bertz CT molecular complexity index is 200. The van der Waals surface area contributed by atoms with Gasteiger partial charge in [-0.15, -0.1) is 0 Å². The SMILES string of the molecule is CC(C)(C)OC(=O)CCCCC(S)CCS.